The molecule has 0 unspecified atom stereocenters. The summed E-state index contributed by atoms with van der Waals surface area (Å²) in [4.78, 5) is 10.6. The van der Waals surface area contributed by atoms with Crippen LogP contribution in [0.25, 0.3) is 83.9 Å². The van der Waals surface area contributed by atoms with Gasteiger partial charge in [0.25, 0.3) is 0 Å². The summed E-state index contributed by atoms with van der Waals surface area (Å²) in [6.45, 7) is 17.7. The molecule has 2 heterocycles. The van der Waals surface area contributed by atoms with Crippen LogP contribution >= 0.6 is 0 Å². The van der Waals surface area contributed by atoms with E-state index in [1.165, 1.54) is 5.56 Å². The van der Waals surface area contributed by atoms with Crippen LogP contribution in [-0.2, 0) is 38.3 Å². The van der Waals surface area contributed by atoms with E-state index in [1.807, 2.05) is 18.3 Å². The molecule has 328 valence electrons. The summed E-state index contributed by atoms with van der Waals surface area (Å²) >= 11 is 0. The number of imidazole rings is 1. The first-order valence-electron chi connectivity index (χ1n) is 22.5. The SMILES string of the molecule is CC(C)Cc1ccc(-n2c(-c3cc(C(C)(C)C)cc(C(C)(C)C)c3O)nc3c(-c4[c-]c(-c5cc(-c6ccccc6)ccn5)cc(-c5ccccc5)c4)cccc32)c(-c2ccccc2)c1.[Pt]. The molecule has 0 fully saturated rings. The van der Waals surface area contributed by atoms with Crippen LogP contribution in [0.5, 0.6) is 5.75 Å². The number of rotatable bonds is 9. The van der Waals surface area contributed by atoms with Gasteiger partial charge >= 0.3 is 0 Å². The first-order valence-corrected chi connectivity index (χ1v) is 22.5. The van der Waals surface area contributed by atoms with Gasteiger partial charge in [-0.05, 0) is 86.9 Å². The zero-order valence-electron chi connectivity index (χ0n) is 38.6. The number of para-hydroxylation sites is 1. The molecule has 0 aliphatic rings. The predicted molar refractivity (Wildman–Crippen MR) is 268 cm³/mol. The van der Waals surface area contributed by atoms with Crippen molar-refractivity contribution < 1.29 is 26.2 Å². The van der Waals surface area contributed by atoms with Gasteiger partial charge in [-0.1, -0.05) is 193 Å². The number of phenols is 1. The normalized spacial score (nSPS) is 11.8. The van der Waals surface area contributed by atoms with Crippen molar-refractivity contribution in [1.29, 1.82) is 0 Å². The number of fused-ring (bicyclic) bond motifs is 1. The van der Waals surface area contributed by atoms with Crippen LogP contribution in [0.15, 0.2) is 170 Å². The third-order valence-electron chi connectivity index (χ3n) is 12.1. The molecule has 1 N–H and O–H groups in total. The number of hydrogen-bond donors (Lipinski definition) is 1. The van der Waals surface area contributed by atoms with E-state index in [2.05, 4.69) is 218 Å². The van der Waals surface area contributed by atoms with Gasteiger partial charge in [0.2, 0.25) is 0 Å². The Bertz CT molecular complexity index is 3120. The first kappa shape index (κ1) is 45.2. The van der Waals surface area contributed by atoms with Crippen molar-refractivity contribution in [1.82, 2.24) is 14.5 Å². The molecule has 65 heavy (non-hydrogen) atoms. The Morgan fingerprint density at radius 1 is 0.569 bits per heavy atom. The molecule has 0 bridgehead atoms. The Kier molecular flexibility index (Phi) is 12.7. The maximum atomic E-state index is 12.5. The minimum absolute atomic E-state index is 0. The second-order valence-electron chi connectivity index (χ2n) is 19.5. The minimum atomic E-state index is -0.328. The number of aromatic hydroxyl groups is 1. The van der Waals surface area contributed by atoms with Gasteiger partial charge in [0.15, 0.2) is 0 Å². The van der Waals surface area contributed by atoms with Crippen molar-refractivity contribution in [2.24, 2.45) is 5.92 Å². The molecule has 0 saturated heterocycles. The fraction of sp³-hybridized carbons (Fsp3) is 0.200. The van der Waals surface area contributed by atoms with Gasteiger partial charge in [-0.25, -0.2) is 4.98 Å². The van der Waals surface area contributed by atoms with Crippen LogP contribution < -0.4 is 0 Å². The molecule has 2 aromatic heterocycles. The molecule has 0 spiro atoms. The zero-order valence-corrected chi connectivity index (χ0v) is 40.8. The molecule has 0 radical (unpaired) electrons. The molecule has 0 atom stereocenters. The van der Waals surface area contributed by atoms with E-state index in [-0.39, 0.29) is 37.6 Å². The van der Waals surface area contributed by atoms with Gasteiger partial charge in [-0.15, -0.1) is 23.8 Å². The summed E-state index contributed by atoms with van der Waals surface area (Å²) in [6.07, 6.45) is 2.85. The second kappa shape index (κ2) is 18.3. The van der Waals surface area contributed by atoms with Gasteiger partial charge < -0.3 is 5.11 Å². The standard InChI is InChI=1S/C60H56N3O.Pt/c1-39(2)31-40-27-28-54(50(32-40)43-23-16-11-17-24-43)63-55-26-18-25-49(56(55)62-58(63)51-37-48(59(3,4)5)38-52(57(51)64)60(6,7)8)46-33-45(42-21-14-10-15-22-42)34-47(35-46)53-36-44(29-30-61-53)41-19-12-9-13-20-41;/h9-30,32-34,36-39,64H,31H2,1-8H3;/q-1;. The average Bonchev–Trinajstić information content (AvgIpc) is 3.68. The average molecular weight is 1030 g/mol. The molecule has 7 aromatic carbocycles. The van der Waals surface area contributed by atoms with Crippen molar-refractivity contribution in [3.05, 3.63) is 193 Å². The number of pyridine rings is 1. The van der Waals surface area contributed by atoms with E-state index in [1.54, 1.807) is 0 Å². The summed E-state index contributed by atoms with van der Waals surface area (Å²) in [7, 11) is 0. The van der Waals surface area contributed by atoms with Crippen LogP contribution in [0, 0.1) is 12.0 Å². The molecular weight excluding hydrogens is 974 g/mol. The second-order valence-corrected chi connectivity index (χ2v) is 19.5. The van der Waals surface area contributed by atoms with Crippen molar-refractivity contribution in [2.75, 3.05) is 0 Å². The molecule has 0 aliphatic carbocycles. The van der Waals surface area contributed by atoms with E-state index < -0.39 is 0 Å². The fourth-order valence-electron chi connectivity index (χ4n) is 8.81. The molecule has 4 nitrogen and oxygen atoms in total. The van der Waals surface area contributed by atoms with Crippen LogP contribution in [0.2, 0.25) is 0 Å². The van der Waals surface area contributed by atoms with Crippen molar-refractivity contribution >= 4 is 11.0 Å². The summed E-state index contributed by atoms with van der Waals surface area (Å²) in [5.74, 6) is 1.43. The van der Waals surface area contributed by atoms with Gasteiger partial charge in [0.1, 0.15) is 11.6 Å². The Hall–Kier alpha value is -6.35. The molecular formula is C60H56N3OPt-. The largest absolute Gasteiger partial charge is 0.507 e. The number of phenolic OH excluding ortho intramolecular Hbond substituents is 1. The van der Waals surface area contributed by atoms with E-state index >= 15 is 0 Å². The van der Waals surface area contributed by atoms with Gasteiger partial charge in [-0.3, -0.25) is 9.55 Å². The molecule has 0 aliphatic heterocycles. The quantitative estimate of drug-likeness (QED) is 0.147. The third kappa shape index (κ3) is 9.29. The maximum Gasteiger partial charge on any atom is 0.148 e. The number of nitrogens with zero attached hydrogens (tertiary/aromatic N) is 3. The topological polar surface area (TPSA) is 50.9 Å². The Balaban J connectivity index is 0.00000576. The molecule has 5 heteroatoms. The zero-order chi connectivity index (χ0) is 44.8. The van der Waals surface area contributed by atoms with Crippen LogP contribution in [0.1, 0.15) is 72.1 Å². The van der Waals surface area contributed by atoms with Gasteiger partial charge in [0, 0.05) is 44.1 Å². The summed E-state index contributed by atoms with van der Waals surface area (Å²) in [5.41, 5.74) is 16.4. The minimum Gasteiger partial charge on any atom is -0.507 e. The Morgan fingerprint density at radius 3 is 1.83 bits per heavy atom. The van der Waals surface area contributed by atoms with E-state index in [9.17, 15) is 5.11 Å². The summed E-state index contributed by atoms with van der Waals surface area (Å²) < 4.78 is 2.28. The monoisotopic (exact) mass is 1030 g/mol. The maximum absolute atomic E-state index is 12.5. The van der Waals surface area contributed by atoms with Crippen molar-refractivity contribution in [3.63, 3.8) is 0 Å². The van der Waals surface area contributed by atoms with Crippen molar-refractivity contribution in [2.45, 2.75) is 72.6 Å². The molecule has 9 rings (SSSR count). The number of benzene rings is 7. The van der Waals surface area contributed by atoms with Crippen LogP contribution in [0.3, 0.4) is 0 Å². The fourth-order valence-corrected chi connectivity index (χ4v) is 8.81. The molecule has 9 aromatic rings. The number of aromatic nitrogens is 3. The van der Waals surface area contributed by atoms with Gasteiger partial charge in [0.05, 0.1) is 22.3 Å². The van der Waals surface area contributed by atoms with Crippen LogP contribution in [-0.4, -0.2) is 19.6 Å². The smallest absolute Gasteiger partial charge is 0.148 e. The predicted octanol–water partition coefficient (Wildman–Crippen LogP) is 15.7. The Morgan fingerprint density at radius 2 is 1.20 bits per heavy atom. The first-order chi connectivity index (χ1) is 30.7. The summed E-state index contributed by atoms with van der Waals surface area (Å²) in [5, 5.41) is 12.5. The Labute approximate surface area is 399 Å². The number of hydrogen-bond acceptors (Lipinski definition) is 3. The van der Waals surface area contributed by atoms with E-state index in [4.69, 9.17) is 9.97 Å². The van der Waals surface area contributed by atoms with Crippen LogP contribution in [0.4, 0.5) is 0 Å². The molecule has 0 amide bonds. The molecule has 0 saturated carbocycles. The van der Waals surface area contributed by atoms with Crippen molar-refractivity contribution in [3.8, 4) is 78.6 Å². The van der Waals surface area contributed by atoms with E-state index in [0.717, 1.165) is 90.0 Å². The third-order valence-corrected chi connectivity index (χ3v) is 12.1. The van der Waals surface area contributed by atoms with Gasteiger partial charge in [-0.2, -0.15) is 0 Å². The van der Waals surface area contributed by atoms with E-state index in [0.29, 0.717) is 17.3 Å². The summed E-state index contributed by atoms with van der Waals surface area (Å²) in [6, 6.07) is 61.7.